The molecule has 0 radical (unpaired) electrons. The molecule has 0 aliphatic heterocycles. The van der Waals surface area contributed by atoms with E-state index >= 15 is 0 Å². The van der Waals surface area contributed by atoms with Crippen molar-refractivity contribution in [3.05, 3.63) is 224 Å². The fraction of sp³-hybridized carbons (Fsp3) is 0. The van der Waals surface area contributed by atoms with Crippen LogP contribution in [-0.2, 0) is 0 Å². The van der Waals surface area contributed by atoms with Crippen molar-refractivity contribution in [2.75, 3.05) is 4.90 Å². The standard InChI is InChI=1S/C57H37N3O/c1-3-17-40(18-4-1)57-58-51-27-14-26-49(56(51)61-57)48-25-11-12-28-52(48)59(45-23-13-20-42(36-45)43-30-29-38-15-7-8-19-41(38)35-43)46-32-33-50-54(37-46)60(44-21-5-2-6-22-44)53-34-31-39-16-9-10-24-47(39)55(50)53/h1-37H. The highest BCUT2D eigenvalue weighted by atomic mass is 16.3. The molecule has 2 heterocycles. The Balaban J connectivity index is 1.11. The van der Waals surface area contributed by atoms with E-state index in [0.29, 0.717) is 5.89 Å². The summed E-state index contributed by atoms with van der Waals surface area (Å²) in [5.74, 6) is 0.604. The van der Waals surface area contributed by atoms with Crippen LogP contribution in [0.3, 0.4) is 0 Å². The van der Waals surface area contributed by atoms with Crippen molar-refractivity contribution in [3.63, 3.8) is 0 Å². The van der Waals surface area contributed by atoms with Crippen LogP contribution in [0, 0.1) is 0 Å². The molecule has 10 aromatic carbocycles. The monoisotopic (exact) mass is 779 g/mol. The topological polar surface area (TPSA) is 34.2 Å². The van der Waals surface area contributed by atoms with Crippen LogP contribution in [0.2, 0.25) is 0 Å². The van der Waals surface area contributed by atoms with Gasteiger partial charge in [-0.25, -0.2) is 4.98 Å². The number of benzene rings is 10. The van der Waals surface area contributed by atoms with Gasteiger partial charge in [-0.2, -0.15) is 0 Å². The van der Waals surface area contributed by atoms with E-state index in [9.17, 15) is 0 Å². The molecule has 0 amide bonds. The zero-order valence-corrected chi connectivity index (χ0v) is 33.1. The molecule has 4 nitrogen and oxygen atoms in total. The van der Waals surface area contributed by atoms with Crippen molar-refractivity contribution >= 4 is 71.5 Å². The maximum Gasteiger partial charge on any atom is 0.227 e. The van der Waals surface area contributed by atoms with E-state index in [-0.39, 0.29) is 0 Å². The number of hydrogen-bond donors (Lipinski definition) is 0. The predicted molar refractivity (Wildman–Crippen MR) is 254 cm³/mol. The first-order valence-electron chi connectivity index (χ1n) is 20.7. The summed E-state index contributed by atoms with van der Waals surface area (Å²) in [5.41, 5.74) is 13.4. The third kappa shape index (κ3) is 5.88. The SMILES string of the molecule is c1ccc(-c2nc3cccc(-c4ccccc4N(c4cccc(-c5ccc6ccccc6c5)c4)c4ccc5c6c7ccccc7ccc6n(-c6ccccc6)c5c4)c3o2)cc1. The molecule has 12 rings (SSSR count). The van der Waals surface area contributed by atoms with Crippen molar-refractivity contribution in [3.8, 4) is 39.4 Å². The Morgan fingerprint density at radius 3 is 1.97 bits per heavy atom. The van der Waals surface area contributed by atoms with Crippen molar-refractivity contribution in [2.24, 2.45) is 0 Å². The van der Waals surface area contributed by atoms with Crippen LogP contribution in [-0.4, -0.2) is 9.55 Å². The van der Waals surface area contributed by atoms with E-state index in [1.807, 2.05) is 36.4 Å². The molecular weight excluding hydrogens is 743 g/mol. The van der Waals surface area contributed by atoms with Crippen molar-refractivity contribution in [2.45, 2.75) is 0 Å². The highest BCUT2D eigenvalue weighted by Gasteiger charge is 2.23. The second-order valence-electron chi connectivity index (χ2n) is 15.6. The predicted octanol–water partition coefficient (Wildman–Crippen LogP) is 15.7. The minimum atomic E-state index is 0.604. The van der Waals surface area contributed by atoms with Gasteiger partial charge in [0, 0.05) is 44.5 Å². The maximum atomic E-state index is 6.66. The van der Waals surface area contributed by atoms with Gasteiger partial charge in [-0.1, -0.05) is 152 Å². The number of para-hydroxylation sites is 3. The largest absolute Gasteiger partial charge is 0.435 e. The Morgan fingerprint density at radius 2 is 1.08 bits per heavy atom. The average molecular weight is 780 g/mol. The quantitative estimate of drug-likeness (QED) is 0.162. The molecular formula is C57H37N3O. The van der Waals surface area contributed by atoms with Crippen LogP contribution < -0.4 is 4.90 Å². The number of nitrogens with zero attached hydrogens (tertiary/aromatic N) is 3. The lowest BCUT2D eigenvalue weighted by atomic mass is 9.98. The Morgan fingerprint density at radius 1 is 0.410 bits per heavy atom. The first kappa shape index (κ1) is 34.8. The third-order valence-electron chi connectivity index (χ3n) is 12.0. The molecule has 0 bridgehead atoms. The number of oxazole rings is 1. The summed E-state index contributed by atoms with van der Waals surface area (Å²) in [7, 11) is 0. The molecule has 0 saturated heterocycles. The molecule has 2 aromatic heterocycles. The summed E-state index contributed by atoms with van der Waals surface area (Å²) in [4.78, 5) is 7.36. The van der Waals surface area contributed by atoms with E-state index in [1.54, 1.807) is 0 Å². The van der Waals surface area contributed by atoms with E-state index in [1.165, 1.54) is 43.4 Å². The summed E-state index contributed by atoms with van der Waals surface area (Å²) in [5, 5.41) is 7.37. The Kier molecular flexibility index (Phi) is 8.13. The highest BCUT2D eigenvalue weighted by Crippen LogP contribution is 2.46. The highest BCUT2D eigenvalue weighted by molar-refractivity contribution is 6.22. The normalized spacial score (nSPS) is 11.6. The Bertz CT molecular complexity index is 3600. The van der Waals surface area contributed by atoms with Gasteiger partial charge in [0.05, 0.1) is 16.7 Å². The van der Waals surface area contributed by atoms with Gasteiger partial charge in [0.15, 0.2) is 5.58 Å². The molecule has 0 N–H and O–H groups in total. The molecule has 0 aliphatic carbocycles. The molecule has 12 aromatic rings. The lowest BCUT2D eigenvalue weighted by molar-refractivity contribution is 0.621. The van der Waals surface area contributed by atoms with Crippen LogP contribution in [0.1, 0.15) is 0 Å². The van der Waals surface area contributed by atoms with Crippen LogP contribution in [0.25, 0.3) is 93.8 Å². The minimum absolute atomic E-state index is 0.604. The van der Waals surface area contributed by atoms with Crippen molar-refractivity contribution in [1.82, 2.24) is 9.55 Å². The third-order valence-corrected chi connectivity index (χ3v) is 12.0. The Hall–Kier alpha value is -8.21. The number of fused-ring (bicyclic) bond motifs is 7. The van der Waals surface area contributed by atoms with Gasteiger partial charge in [0.25, 0.3) is 0 Å². The molecule has 0 spiro atoms. The summed E-state index contributed by atoms with van der Waals surface area (Å²) < 4.78 is 9.07. The zero-order chi connectivity index (χ0) is 40.3. The average Bonchev–Trinajstić information content (AvgIpc) is 3.92. The fourth-order valence-electron chi connectivity index (χ4n) is 9.15. The Labute approximate surface area is 352 Å². The first-order chi connectivity index (χ1) is 30.2. The molecule has 0 atom stereocenters. The molecule has 4 heteroatoms. The molecule has 0 saturated carbocycles. The van der Waals surface area contributed by atoms with Gasteiger partial charge in [-0.15, -0.1) is 0 Å². The van der Waals surface area contributed by atoms with Gasteiger partial charge in [-0.05, 0) is 105 Å². The summed E-state index contributed by atoms with van der Waals surface area (Å²) >= 11 is 0. The van der Waals surface area contributed by atoms with Crippen LogP contribution in [0.4, 0.5) is 17.1 Å². The zero-order valence-electron chi connectivity index (χ0n) is 33.1. The number of anilines is 3. The van der Waals surface area contributed by atoms with Gasteiger partial charge in [0.1, 0.15) is 5.52 Å². The van der Waals surface area contributed by atoms with Gasteiger partial charge >= 0.3 is 0 Å². The summed E-state index contributed by atoms with van der Waals surface area (Å²) in [6.07, 6.45) is 0. The molecule has 0 unspecified atom stereocenters. The van der Waals surface area contributed by atoms with E-state index in [4.69, 9.17) is 9.40 Å². The summed E-state index contributed by atoms with van der Waals surface area (Å²) in [6, 6.07) is 80.1. The second kappa shape index (κ2) is 14.3. The smallest absolute Gasteiger partial charge is 0.227 e. The van der Waals surface area contributed by atoms with Gasteiger partial charge in [0.2, 0.25) is 5.89 Å². The minimum Gasteiger partial charge on any atom is -0.435 e. The van der Waals surface area contributed by atoms with Crippen molar-refractivity contribution < 1.29 is 4.42 Å². The summed E-state index contributed by atoms with van der Waals surface area (Å²) in [6.45, 7) is 0. The maximum absolute atomic E-state index is 6.66. The number of aromatic nitrogens is 2. The first-order valence-corrected chi connectivity index (χ1v) is 20.7. The number of rotatable bonds is 7. The van der Waals surface area contributed by atoms with E-state index < -0.39 is 0 Å². The van der Waals surface area contributed by atoms with Crippen molar-refractivity contribution in [1.29, 1.82) is 0 Å². The second-order valence-corrected chi connectivity index (χ2v) is 15.6. The fourth-order valence-corrected chi connectivity index (χ4v) is 9.15. The molecule has 286 valence electrons. The van der Waals surface area contributed by atoms with Crippen LogP contribution in [0.15, 0.2) is 229 Å². The lowest BCUT2D eigenvalue weighted by Gasteiger charge is -2.28. The molecule has 0 aliphatic rings. The van der Waals surface area contributed by atoms with E-state index in [0.717, 1.165) is 61.6 Å². The molecule has 61 heavy (non-hydrogen) atoms. The van der Waals surface area contributed by atoms with Crippen LogP contribution >= 0.6 is 0 Å². The van der Waals surface area contributed by atoms with Gasteiger partial charge in [-0.3, -0.25) is 0 Å². The lowest BCUT2D eigenvalue weighted by Crippen LogP contribution is -2.11. The van der Waals surface area contributed by atoms with Crippen LogP contribution in [0.5, 0.6) is 0 Å². The van der Waals surface area contributed by atoms with Gasteiger partial charge < -0.3 is 13.9 Å². The van der Waals surface area contributed by atoms with E-state index in [2.05, 4.69) is 198 Å². The molecule has 0 fully saturated rings. The number of hydrogen-bond acceptors (Lipinski definition) is 3.